The molecule has 4 nitrogen and oxygen atoms in total. The van der Waals surface area contributed by atoms with Crippen molar-refractivity contribution >= 4 is 5.69 Å². The normalized spacial score (nSPS) is 19.8. The molecule has 0 spiro atoms. The molecule has 1 atom stereocenters. The minimum atomic E-state index is -0.485. The highest BCUT2D eigenvalue weighted by Crippen LogP contribution is 2.17. The molecule has 1 aliphatic rings. The fraction of sp³-hybridized carbons (Fsp3) is 0.583. The number of aliphatic hydroxyl groups is 1. The molecule has 0 unspecified atom stereocenters. The van der Waals surface area contributed by atoms with Crippen molar-refractivity contribution in [1.29, 1.82) is 0 Å². The zero-order chi connectivity index (χ0) is 11.5. The lowest BCUT2D eigenvalue weighted by molar-refractivity contribution is 0.194. The first-order chi connectivity index (χ1) is 7.66. The smallest absolute Gasteiger partial charge is 0.0931 e. The maximum atomic E-state index is 9.38. The van der Waals surface area contributed by atoms with E-state index in [0.29, 0.717) is 0 Å². The van der Waals surface area contributed by atoms with E-state index in [1.807, 2.05) is 18.3 Å². The third-order valence-corrected chi connectivity index (χ3v) is 3.07. The van der Waals surface area contributed by atoms with Crippen LogP contribution in [-0.2, 0) is 0 Å². The number of anilines is 1. The van der Waals surface area contributed by atoms with Crippen LogP contribution in [0.1, 0.15) is 18.7 Å². The van der Waals surface area contributed by atoms with Crippen LogP contribution in [0.5, 0.6) is 0 Å². The maximum Gasteiger partial charge on any atom is 0.0931 e. The lowest BCUT2D eigenvalue weighted by Crippen LogP contribution is -2.44. The monoisotopic (exact) mass is 221 g/mol. The van der Waals surface area contributed by atoms with Crippen LogP contribution in [0.25, 0.3) is 0 Å². The number of aromatic nitrogens is 1. The van der Waals surface area contributed by atoms with Gasteiger partial charge in [0, 0.05) is 26.2 Å². The van der Waals surface area contributed by atoms with Gasteiger partial charge in [-0.2, -0.15) is 0 Å². The van der Waals surface area contributed by atoms with Gasteiger partial charge in [-0.15, -0.1) is 0 Å². The van der Waals surface area contributed by atoms with Crippen molar-refractivity contribution in [3.05, 3.63) is 24.0 Å². The molecule has 2 rings (SSSR count). The Labute approximate surface area is 96.5 Å². The molecule has 1 fully saturated rings. The Bertz CT molecular complexity index is 329. The van der Waals surface area contributed by atoms with Crippen molar-refractivity contribution < 1.29 is 5.11 Å². The van der Waals surface area contributed by atoms with Gasteiger partial charge < -0.3 is 14.9 Å². The first-order valence-corrected chi connectivity index (χ1v) is 5.74. The number of nitrogens with zero attached hydrogens (tertiary/aromatic N) is 3. The van der Waals surface area contributed by atoms with Gasteiger partial charge in [-0.25, -0.2) is 0 Å². The summed E-state index contributed by atoms with van der Waals surface area (Å²) in [6, 6.07) is 3.94. The Balaban J connectivity index is 2.04. The van der Waals surface area contributed by atoms with Crippen molar-refractivity contribution in [2.45, 2.75) is 13.0 Å². The fourth-order valence-corrected chi connectivity index (χ4v) is 1.90. The molecular weight excluding hydrogens is 202 g/mol. The molecule has 2 heterocycles. The highest BCUT2D eigenvalue weighted by molar-refractivity contribution is 5.45. The summed E-state index contributed by atoms with van der Waals surface area (Å²) >= 11 is 0. The van der Waals surface area contributed by atoms with Gasteiger partial charge in [-0.05, 0) is 26.1 Å². The van der Waals surface area contributed by atoms with Crippen molar-refractivity contribution in [1.82, 2.24) is 9.88 Å². The molecule has 1 aromatic heterocycles. The van der Waals surface area contributed by atoms with E-state index in [9.17, 15) is 5.11 Å². The third-order valence-electron chi connectivity index (χ3n) is 3.07. The van der Waals surface area contributed by atoms with Crippen molar-refractivity contribution in [2.24, 2.45) is 0 Å². The summed E-state index contributed by atoms with van der Waals surface area (Å²) in [5.74, 6) is 0. The minimum absolute atomic E-state index is 0.485. The molecule has 88 valence electrons. The highest BCUT2D eigenvalue weighted by Gasteiger charge is 2.14. The van der Waals surface area contributed by atoms with Gasteiger partial charge >= 0.3 is 0 Å². The van der Waals surface area contributed by atoms with E-state index in [1.54, 1.807) is 6.92 Å². The van der Waals surface area contributed by atoms with E-state index in [2.05, 4.69) is 21.8 Å². The van der Waals surface area contributed by atoms with Crippen molar-refractivity contribution in [3.8, 4) is 0 Å². The molecule has 0 amide bonds. The second kappa shape index (κ2) is 4.80. The van der Waals surface area contributed by atoms with E-state index in [1.165, 1.54) is 0 Å². The van der Waals surface area contributed by atoms with Crippen LogP contribution in [-0.4, -0.2) is 48.2 Å². The predicted molar refractivity (Wildman–Crippen MR) is 64.6 cm³/mol. The summed E-state index contributed by atoms with van der Waals surface area (Å²) in [6.45, 7) is 6.02. The Morgan fingerprint density at radius 1 is 1.25 bits per heavy atom. The molecule has 0 radical (unpaired) electrons. The average molecular weight is 221 g/mol. The number of aliphatic hydroxyl groups excluding tert-OH is 1. The molecule has 0 bridgehead atoms. The first kappa shape index (κ1) is 11.4. The van der Waals surface area contributed by atoms with Crippen molar-refractivity contribution in [2.75, 3.05) is 38.1 Å². The third kappa shape index (κ3) is 2.51. The van der Waals surface area contributed by atoms with E-state index in [0.717, 1.165) is 37.6 Å². The number of likely N-dealkylation sites (N-methyl/N-ethyl adjacent to an activating group) is 1. The van der Waals surface area contributed by atoms with Crippen LogP contribution in [0.4, 0.5) is 5.69 Å². The highest BCUT2D eigenvalue weighted by atomic mass is 16.3. The zero-order valence-electron chi connectivity index (χ0n) is 9.93. The van der Waals surface area contributed by atoms with Crippen molar-refractivity contribution in [3.63, 3.8) is 0 Å². The van der Waals surface area contributed by atoms with Gasteiger partial charge in [0.25, 0.3) is 0 Å². The molecule has 0 saturated carbocycles. The SMILES string of the molecule is C[C@@H](O)c1ccc(N2CCN(C)CC2)cn1. The maximum absolute atomic E-state index is 9.38. The fourth-order valence-electron chi connectivity index (χ4n) is 1.90. The molecule has 16 heavy (non-hydrogen) atoms. The number of hydrogen-bond acceptors (Lipinski definition) is 4. The second-order valence-electron chi connectivity index (χ2n) is 4.41. The molecule has 1 aliphatic heterocycles. The van der Waals surface area contributed by atoms with E-state index < -0.39 is 6.10 Å². The topological polar surface area (TPSA) is 39.6 Å². The summed E-state index contributed by atoms with van der Waals surface area (Å²) < 4.78 is 0. The van der Waals surface area contributed by atoms with Gasteiger partial charge in [0.1, 0.15) is 0 Å². The Morgan fingerprint density at radius 3 is 2.44 bits per heavy atom. The number of piperazine rings is 1. The molecule has 1 aromatic rings. The van der Waals surface area contributed by atoms with Gasteiger partial charge in [0.2, 0.25) is 0 Å². The molecule has 1 saturated heterocycles. The van der Waals surface area contributed by atoms with Gasteiger partial charge in [0.05, 0.1) is 23.7 Å². The van der Waals surface area contributed by atoms with Crippen LogP contribution in [0, 0.1) is 0 Å². The zero-order valence-corrected chi connectivity index (χ0v) is 9.93. The van der Waals surface area contributed by atoms with Gasteiger partial charge in [0.15, 0.2) is 0 Å². The van der Waals surface area contributed by atoms with Crippen LogP contribution in [0.2, 0.25) is 0 Å². The van der Waals surface area contributed by atoms with Crippen LogP contribution in [0.3, 0.4) is 0 Å². The molecule has 0 aromatic carbocycles. The Morgan fingerprint density at radius 2 is 1.94 bits per heavy atom. The predicted octanol–water partition coefficient (Wildman–Crippen LogP) is 0.887. The lowest BCUT2D eigenvalue weighted by Gasteiger charge is -2.33. The van der Waals surface area contributed by atoms with E-state index in [4.69, 9.17) is 0 Å². The second-order valence-corrected chi connectivity index (χ2v) is 4.41. The van der Waals surface area contributed by atoms with E-state index >= 15 is 0 Å². The standard InChI is InChI=1S/C12H19N3O/c1-10(16)12-4-3-11(9-13-12)15-7-5-14(2)6-8-15/h3-4,9-10,16H,5-8H2,1-2H3/t10-/m1/s1. The summed E-state index contributed by atoms with van der Waals surface area (Å²) in [5.41, 5.74) is 1.88. The molecular formula is C12H19N3O. The quantitative estimate of drug-likeness (QED) is 0.805. The molecule has 4 heteroatoms. The average Bonchev–Trinajstić information content (AvgIpc) is 2.30. The lowest BCUT2D eigenvalue weighted by atomic mass is 10.2. The van der Waals surface area contributed by atoms with Crippen LogP contribution >= 0.6 is 0 Å². The minimum Gasteiger partial charge on any atom is -0.387 e. The van der Waals surface area contributed by atoms with Gasteiger partial charge in [-0.1, -0.05) is 0 Å². The summed E-state index contributed by atoms with van der Waals surface area (Å²) in [4.78, 5) is 8.93. The largest absolute Gasteiger partial charge is 0.387 e. The molecule has 1 N–H and O–H groups in total. The number of hydrogen-bond donors (Lipinski definition) is 1. The summed E-state index contributed by atoms with van der Waals surface area (Å²) in [5, 5.41) is 9.38. The van der Waals surface area contributed by atoms with Crippen LogP contribution in [0.15, 0.2) is 18.3 Å². The van der Waals surface area contributed by atoms with Crippen LogP contribution < -0.4 is 4.90 Å². The Kier molecular flexibility index (Phi) is 3.41. The van der Waals surface area contributed by atoms with Gasteiger partial charge in [-0.3, -0.25) is 4.98 Å². The first-order valence-electron chi connectivity index (χ1n) is 5.74. The Hall–Kier alpha value is -1.13. The number of pyridine rings is 1. The number of rotatable bonds is 2. The molecule has 0 aliphatic carbocycles. The van der Waals surface area contributed by atoms with E-state index in [-0.39, 0.29) is 0 Å². The summed E-state index contributed by atoms with van der Waals surface area (Å²) in [7, 11) is 2.14. The summed E-state index contributed by atoms with van der Waals surface area (Å²) in [6.07, 6.45) is 1.37.